The van der Waals surface area contributed by atoms with E-state index in [9.17, 15) is 13.2 Å². The van der Waals surface area contributed by atoms with Gasteiger partial charge in [0.25, 0.3) is 0 Å². The van der Waals surface area contributed by atoms with Gasteiger partial charge in [0.1, 0.15) is 11.5 Å². The lowest BCUT2D eigenvalue weighted by atomic mass is 10.3. The van der Waals surface area contributed by atoms with Gasteiger partial charge in [0.2, 0.25) is 5.95 Å². The molecule has 0 radical (unpaired) electrons. The lowest BCUT2D eigenvalue weighted by molar-refractivity contribution is -0.141. The molecular formula is C14H14BrF3N4O. The molecule has 1 aliphatic heterocycles. The molecule has 9 heteroatoms. The van der Waals surface area contributed by atoms with E-state index < -0.39 is 11.9 Å². The van der Waals surface area contributed by atoms with E-state index in [1.165, 1.54) is 0 Å². The Morgan fingerprint density at radius 1 is 1.35 bits per heavy atom. The Kier molecular flexibility index (Phi) is 4.58. The van der Waals surface area contributed by atoms with Crippen LogP contribution in [0.1, 0.15) is 17.9 Å². The summed E-state index contributed by atoms with van der Waals surface area (Å²) in [4.78, 5) is 9.56. The Balaban J connectivity index is 1.57. The number of nitrogens with zero attached hydrogens (tertiary/aromatic N) is 3. The van der Waals surface area contributed by atoms with Gasteiger partial charge in [-0.2, -0.15) is 13.2 Å². The summed E-state index contributed by atoms with van der Waals surface area (Å²) in [5, 5.41) is 2.97. The lowest BCUT2D eigenvalue weighted by Gasteiger charge is -2.16. The van der Waals surface area contributed by atoms with Crippen LogP contribution in [0, 0.1) is 0 Å². The second kappa shape index (κ2) is 6.48. The first-order valence-corrected chi connectivity index (χ1v) is 7.83. The summed E-state index contributed by atoms with van der Waals surface area (Å²) in [6.45, 7) is 2.18. The van der Waals surface area contributed by atoms with Crippen molar-refractivity contribution in [2.45, 2.75) is 25.2 Å². The fourth-order valence-electron chi connectivity index (χ4n) is 2.52. The quantitative estimate of drug-likeness (QED) is 0.864. The number of anilines is 1. The van der Waals surface area contributed by atoms with Crippen LogP contribution in [0.4, 0.5) is 19.1 Å². The zero-order chi connectivity index (χ0) is 16.4. The second-order valence-electron chi connectivity index (χ2n) is 5.33. The molecule has 0 bridgehead atoms. The molecule has 23 heavy (non-hydrogen) atoms. The van der Waals surface area contributed by atoms with Crippen molar-refractivity contribution in [1.29, 1.82) is 0 Å². The molecule has 1 N–H and O–H groups in total. The molecular weight excluding hydrogens is 377 g/mol. The van der Waals surface area contributed by atoms with E-state index in [0.717, 1.165) is 31.0 Å². The van der Waals surface area contributed by atoms with Gasteiger partial charge < -0.3 is 9.73 Å². The Labute approximate surface area is 139 Å². The van der Waals surface area contributed by atoms with Crippen LogP contribution in [-0.4, -0.2) is 34.0 Å². The molecule has 124 valence electrons. The fraction of sp³-hybridized carbons (Fsp3) is 0.429. The van der Waals surface area contributed by atoms with E-state index in [0.29, 0.717) is 17.8 Å². The normalized spacial score (nSPS) is 19.2. The highest BCUT2D eigenvalue weighted by Crippen LogP contribution is 2.28. The van der Waals surface area contributed by atoms with Gasteiger partial charge in [-0.15, -0.1) is 0 Å². The van der Waals surface area contributed by atoms with Gasteiger partial charge in [-0.1, -0.05) is 0 Å². The van der Waals surface area contributed by atoms with E-state index in [1.54, 1.807) is 0 Å². The molecule has 1 fully saturated rings. The molecule has 2 aromatic rings. The molecule has 0 spiro atoms. The third-order valence-electron chi connectivity index (χ3n) is 3.56. The number of hydrogen-bond donors (Lipinski definition) is 1. The van der Waals surface area contributed by atoms with Crippen molar-refractivity contribution in [3.8, 4) is 0 Å². The maximum atomic E-state index is 12.6. The molecule has 1 aliphatic rings. The van der Waals surface area contributed by atoms with Crippen molar-refractivity contribution in [2.75, 3.05) is 18.4 Å². The molecule has 3 rings (SSSR count). The maximum absolute atomic E-state index is 12.6. The highest BCUT2D eigenvalue weighted by molar-refractivity contribution is 9.10. The first kappa shape index (κ1) is 16.3. The van der Waals surface area contributed by atoms with E-state index in [4.69, 9.17) is 4.42 Å². The Morgan fingerprint density at radius 3 is 2.87 bits per heavy atom. The van der Waals surface area contributed by atoms with Crippen LogP contribution < -0.4 is 5.32 Å². The number of nitrogens with one attached hydrogen (secondary N) is 1. The average molecular weight is 391 g/mol. The number of hydrogen-bond acceptors (Lipinski definition) is 5. The minimum absolute atomic E-state index is 0.00687. The standard InChI is InChI=1S/C14H14BrF3N4O/c15-12-2-1-10(23-12)8-22-6-4-9(7-22)20-13-19-5-3-11(21-13)14(16,17)18/h1-3,5,9H,4,6-8H2,(H,19,20,21). The van der Waals surface area contributed by atoms with Gasteiger partial charge in [0, 0.05) is 25.3 Å². The van der Waals surface area contributed by atoms with Crippen LogP contribution in [0.3, 0.4) is 0 Å². The fourth-order valence-corrected chi connectivity index (χ4v) is 2.86. The van der Waals surface area contributed by atoms with Gasteiger partial charge in [0.05, 0.1) is 6.54 Å². The molecule has 0 aromatic carbocycles. The maximum Gasteiger partial charge on any atom is 0.433 e. The van der Waals surface area contributed by atoms with Gasteiger partial charge in [-0.25, -0.2) is 9.97 Å². The summed E-state index contributed by atoms with van der Waals surface area (Å²) in [5.74, 6) is 0.847. The highest BCUT2D eigenvalue weighted by Gasteiger charge is 2.33. The van der Waals surface area contributed by atoms with Crippen LogP contribution >= 0.6 is 15.9 Å². The summed E-state index contributed by atoms with van der Waals surface area (Å²) in [5.41, 5.74) is -0.940. The van der Waals surface area contributed by atoms with Crippen molar-refractivity contribution < 1.29 is 17.6 Å². The first-order valence-electron chi connectivity index (χ1n) is 7.03. The van der Waals surface area contributed by atoms with Crippen molar-refractivity contribution in [1.82, 2.24) is 14.9 Å². The number of likely N-dealkylation sites (tertiary alicyclic amines) is 1. The first-order chi connectivity index (χ1) is 10.9. The van der Waals surface area contributed by atoms with Gasteiger partial charge in [0.15, 0.2) is 4.67 Å². The van der Waals surface area contributed by atoms with Crippen molar-refractivity contribution in [2.24, 2.45) is 0 Å². The summed E-state index contributed by atoms with van der Waals surface area (Å²) in [6, 6.07) is 4.59. The second-order valence-corrected chi connectivity index (χ2v) is 6.12. The molecule has 5 nitrogen and oxygen atoms in total. The van der Waals surface area contributed by atoms with Crippen LogP contribution in [0.15, 0.2) is 33.5 Å². The van der Waals surface area contributed by atoms with Crippen molar-refractivity contribution >= 4 is 21.9 Å². The van der Waals surface area contributed by atoms with E-state index in [2.05, 4.69) is 36.1 Å². The summed E-state index contributed by atoms with van der Waals surface area (Å²) < 4.78 is 44.1. The van der Waals surface area contributed by atoms with E-state index >= 15 is 0 Å². The lowest BCUT2D eigenvalue weighted by Crippen LogP contribution is -2.27. The predicted molar refractivity (Wildman–Crippen MR) is 80.7 cm³/mol. The van der Waals surface area contributed by atoms with Crippen molar-refractivity contribution in [3.63, 3.8) is 0 Å². The van der Waals surface area contributed by atoms with Crippen LogP contribution in [0.2, 0.25) is 0 Å². The average Bonchev–Trinajstić information content (AvgIpc) is 3.08. The van der Waals surface area contributed by atoms with Crippen LogP contribution in [0.25, 0.3) is 0 Å². The zero-order valence-electron chi connectivity index (χ0n) is 12.0. The van der Waals surface area contributed by atoms with Crippen LogP contribution in [-0.2, 0) is 12.7 Å². The number of aromatic nitrogens is 2. The molecule has 2 aromatic heterocycles. The molecule has 0 aliphatic carbocycles. The Hall–Kier alpha value is -1.61. The SMILES string of the molecule is FC(F)(F)c1ccnc(NC2CCN(Cc3ccc(Br)o3)C2)n1. The minimum Gasteiger partial charge on any atom is -0.453 e. The van der Waals surface area contributed by atoms with E-state index in [-0.39, 0.29) is 12.0 Å². The molecule has 0 amide bonds. The van der Waals surface area contributed by atoms with Crippen LogP contribution in [0.5, 0.6) is 0 Å². The highest BCUT2D eigenvalue weighted by atomic mass is 79.9. The summed E-state index contributed by atoms with van der Waals surface area (Å²) >= 11 is 3.25. The summed E-state index contributed by atoms with van der Waals surface area (Å²) in [6.07, 6.45) is -2.54. The number of rotatable bonds is 4. The smallest absolute Gasteiger partial charge is 0.433 e. The minimum atomic E-state index is -4.46. The summed E-state index contributed by atoms with van der Waals surface area (Å²) in [7, 11) is 0. The monoisotopic (exact) mass is 390 g/mol. The number of furan rings is 1. The molecule has 0 saturated carbocycles. The topological polar surface area (TPSA) is 54.2 Å². The number of halogens is 4. The zero-order valence-corrected chi connectivity index (χ0v) is 13.6. The Bertz CT molecular complexity index is 676. The van der Waals surface area contributed by atoms with Crippen molar-refractivity contribution in [3.05, 3.63) is 40.5 Å². The molecule has 3 heterocycles. The predicted octanol–water partition coefficient (Wildman–Crippen LogP) is 3.54. The van der Waals surface area contributed by atoms with E-state index in [1.807, 2.05) is 12.1 Å². The van der Waals surface area contributed by atoms with Gasteiger partial charge >= 0.3 is 6.18 Å². The third kappa shape index (κ3) is 4.23. The largest absolute Gasteiger partial charge is 0.453 e. The molecule has 1 atom stereocenters. The third-order valence-corrected chi connectivity index (χ3v) is 3.99. The van der Waals surface area contributed by atoms with Gasteiger partial charge in [-0.05, 0) is 40.5 Å². The number of alkyl halides is 3. The molecule has 1 saturated heterocycles. The van der Waals surface area contributed by atoms with Gasteiger partial charge in [-0.3, -0.25) is 4.90 Å². The Morgan fingerprint density at radius 2 is 2.17 bits per heavy atom. The molecule has 1 unspecified atom stereocenters.